The highest BCUT2D eigenvalue weighted by Gasteiger charge is 2.13. The molecule has 16 heavy (non-hydrogen) atoms. The lowest BCUT2D eigenvalue weighted by atomic mass is 10.4. The van der Waals surface area contributed by atoms with E-state index in [2.05, 4.69) is 14.9 Å². The van der Waals surface area contributed by atoms with Crippen molar-refractivity contribution in [3.05, 3.63) is 12.3 Å². The van der Waals surface area contributed by atoms with Gasteiger partial charge in [0.15, 0.2) is 5.03 Å². The molecule has 1 aromatic heterocycles. The van der Waals surface area contributed by atoms with E-state index in [9.17, 15) is 8.42 Å². The Bertz CT molecular complexity index is 386. The smallest absolute Gasteiger partial charge is 0.257 e. The minimum absolute atomic E-state index is 0.0808. The van der Waals surface area contributed by atoms with Crippen LogP contribution in [0.5, 0.6) is 0 Å². The fourth-order valence-electron chi connectivity index (χ4n) is 1.07. The molecule has 1 rings (SSSR count). The van der Waals surface area contributed by atoms with Crippen molar-refractivity contribution in [1.82, 2.24) is 14.9 Å². The maximum Gasteiger partial charge on any atom is 0.257 e. The predicted molar refractivity (Wildman–Crippen MR) is 59.5 cm³/mol. The number of rotatable bonds is 7. The lowest BCUT2D eigenvalue weighted by molar-refractivity contribution is 0.0778. The highest BCUT2D eigenvalue weighted by Crippen LogP contribution is 2.01. The summed E-state index contributed by atoms with van der Waals surface area (Å²) in [5.41, 5.74) is 0. The maximum atomic E-state index is 11.6. The first-order valence-electron chi connectivity index (χ1n) is 5.13. The van der Waals surface area contributed by atoms with Gasteiger partial charge in [-0.05, 0) is 26.3 Å². The molecule has 0 atom stereocenters. The number of hydrogen-bond acceptors (Lipinski definition) is 4. The van der Waals surface area contributed by atoms with Gasteiger partial charge in [0, 0.05) is 13.2 Å². The van der Waals surface area contributed by atoms with Gasteiger partial charge in [-0.15, -0.1) is 0 Å². The molecule has 0 aliphatic heterocycles. The van der Waals surface area contributed by atoms with Crippen LogP contribution in [0.15, 0.2) is 17.3 Å². The second-order valence-corrected chi connectivity index (χ2v) is 5.33. The van der Waals surface area contributed by atoms with Crippen LogP contribution in [0.4, 0.5) is 0 Å². The van der Waals surface area contributed by atoms with E-state index in [-0.39, 0.29) is 11.1 Å². The third-order valence-electron chi connectivity index (χ3n) is 1.83. The number of sulfonamides is 1. The Morgan fingerprint density at radius 3 is 2.88 bits per heavy atom. The summed E-state index contributed by atoms with van der Waals surface area (Å²) < 4.78 is 30.9. The molecule has 0 bridgehead atoms. The molecule has 0 amide bonds. The third kappa shape index (κ3) is 4.30. The Balaban J connectivity index is 2.28. The molecule has 0 spiro atoms. The second-order valence-electron chi connectivity index (χ2n) is 3.59. The number of aromatic nitrogens is 2. The van der Waals surface area contributed by atoms with Crippen molar-refractivity contribution in [2.24, 2.45) is 0 Å². The fourth-order valence-corrected chi connectivity index (χ4v) is 2.05. The van der Waals surface area contributed by atoms with E-state index < -0.39 is 10.0 Å². The molecule has 7 heteroatoms. The molecule has 0 unspecified atom stereocenters. The summed E-state index contributed by atoms with van der Waals surface area (Å²) in [5, 5.41) is 6.07. The molecule has 0 aliphatic rings. The van der Waals surface area contributed by atoms with E-state index in [4.69, 9.17) is 4.74 Å². The summed E-state index contributed by atoms with van der Waals surface area (Å²) in [5.74, 6) is 0. The molecular formula is C9H17N3O3S. The van der Waals surface area contributed by atoms with Gasteiger partial charge < -0.3 is 4.74 Å². The van der Waals surface area contributed by atoms with Crippen LogP contribution in [0, 0.1) is 0 Å². The molecule has 1 aromatic rings. The van der Waals surface area contributed by atoms with E-state index in [1.54, 1.807) is 0 Å². The van der Waals surface area contributed by atoms with Crippen molar-refractivity contribution in [3.63, 3.8) is 0 Å². The van der Waals surface area contributed by atoms with Crippen LogP contribution in [0.1, 0.15) is 20.3 Å². The molecule has 0 radical (unpaired) electrons. The largest absolute Gasteiger partial charge is 0.379 e. The number of nitrogens with one attached hydrogen (secondary N) is 2. The average molecular weight is 247 g/mol. The summed E-state index contributed by atoms with van der Waals surface area (Å²) in [6, 6.07) is 1.41. The first kappa shape index (κ1) is 13.1. The van der Waals surface area contributed by atoms with Crippen LogP contribution >= 0.6 is 0 Å². The van der Waals surface area contributed by atoms with Crippen molar-refractivity contribution < 1.29 is 13.2 Å². The molecule has 1 heterocycles. The Labute approximate surface area is 95.4 Å². The van der Waals surface area contributed by atoms with Crippen LogP contribution in [0.25, 0.3) is 0 Å². The van der Waals surface area contributed by atoms with Crippen LogP contribution in [0.2, 0.25) is 0 Å². The Morgan fingerprint density at radius 2 is 2.31 bits per heavy atom. The van der Waals surface area contributed by atoms with Gasteiger partial charge in [-0.2, -0.15) is 5.10 Å². The number of H-pyrrole nitrogens is 1. The highest BCUT2D eigenvalue weighted by atomic mass is 32.2. The standard InChI is InChI=1S/C9H17N3O3S/c1-8(2)15-7-3-5-11-16(13,14)9-4-6-10-12-9/h4,6,8,11H,3,5,7H2,1-2H3,(H,10,12). The topological polar surface area (TPSA) is 84.1 Å². The van der Waals surface area contributed by atoms with Crippen LogP contribution in [0.3, 0.4) is 0 Å². The SMILES string of the molecule is CC(C)OCCCNS(=O)(=O)c1ccn[nH]1. The highest BCUT2D eigenvalue weighted by molar-refractivity contribution is 7.89. The van der Waals surface area contributed by atoms with Gasteiger partial charge in [-0.25, -0.2) is 13.1 Å². The molecule has 0 fully saturated rings. The van der Waals surface area contributed by atoms with Crippen molar-refractivity contribution in [2.75, 3.05) is 13.2 Å². The van der Waals surface area contributed by atoms with Crippen LogP contribution < -0.4 is 4.72 Å². The van der Waals surface area contributed by atoms with Crippen molar-refractivity contribution in [1.29, 1.82) is 0 Å². The lowest BCUT2D eigenvalue weighted by Gasteiger charge is -2.07. The number of hydrogen-bond donors (Lipinski definition) is 2. The van der Waals surface area contributed by atoms with Gasteiger partial charge in [-0.1, -0.05) is 0 Å². The zero-order chi connectivity index (χ0) is 12.0. The van der Waals surface area contributed by atoms with Crippen LogP contribution in [-0.4, -0.2) is 37.9 Å². The Hall–Kier alpha value is -0.920. The fraction of sp³-hybridized carbons (Fsp3) is 0.667. The zero-order valence-corrected chi connectivity index (χ0v) is 10.3. The zero-order valence-electron chi connectivity index (χ0n) is 9.43. The number of aromatic amines is 1. The molecular weight excluding hydrogens is 230 g/mol. The molecule has 0 aliphatic carbocycles. The quantitative estimate of drug-likeness (QED) is 0.687. The van der Waals surface area contributed by atoms with E-state index in [0.717, 1.165) is 0 Å². The summed E-state index contributed by atoms with van der Waals surface area (Å²) in [6.07, 6.45) is 2.21. The molecule has 0 saturated heterocycles. The summed E-state index contributed by atoms with van der Waals surface area (Å²) in [4.78, 5) is 0. The van der Waals surface area contributed by atoms with Gasteiger partial charge in [-0.3, -0.25) is 5.10 Å². The molecule has 0 aromatic carbocycles. The molecule has 6 nitrogen and oxygen atoms in total. The molecule has 92 valence electrons. The third-order valence-corrected chi connectivity index (χ3v) is 3.22. The summed E-state index contributed by atoms with van der Waals surface area (Å²) >= 11 is 0. The summed E-state index contributed by atoms with van der Waals surface area (Å²) in [6.45, 7) is 4.78. The number of nitrogens with zero attached hydrogens (tertiary/aromatic N) is 1. The minimum atomic E-state index is -3.44. The van der Waals surface area contributed by atoms with Gasteiger partial charge in [0.05, 0.1) is 12.3 Å². The first-order valence-corrected chi connectivity index (χ1v) is 6.61. The van der Waals surface area contributed by atoms with Gasteiger partial charge in [0.2, 0.25) is 0 Å². The Morgan fingerprint density at radius 1 is 1.56 bits per heavy atom. The van der Waals surface area contributed by atoms with Crippen molar-refractivity contribution in [2.45, 2.75) is 31.4 Å². The van der Waals surface area contributed by atoms with E-state index in [1.165, 1.54) is 12.3 Å². The minimum Gasteiger partial charge on any atom is -0.379 e. The second kappa shape index (κ2) is 5.97. The Kier molecular flexibility index (Phi) is 4.91. The maximum absolute atomic E-state index is 11.6. The normalized spacial score (nSPS) is 12.2. The van der Waals surface area contributed by atoms with Crippen molar-refractivity contribution >= 4 is 10.0 Å². The first-order chi connectivity index (χ1) is 7.52. The average Bonchev–Trinajstić information content (AvgIpc) is 2.69. The van der Waals surface area contributed by atoms with Gasteiger partial charge >= 0.3 is 0 Å². The van der Waals surface area contributed by atoms with Crippen LogP contribution in [-0.2, 0) is 14.8 Å². The molecule has 2 N–H and O–H groups in total. The number of ether oxygens (including phenoxy) is 1. The van der Waals surface area contributed by atoms with Gasteiger partial charge in [0.25, 0.3) is 10.0 Å². The van der Waals surface area contributed by atoms with E-state index >= 15 is 0 Å². The van der Waals surface area contributed by atoms with E-state index in [1.807, 2.05) is 13.8 Å². The predicted octanol–water partition coefficient (Wildman–Crippen LogP) is 0.503. The van der Waals surface area contributed by atoms with Gasteiger partial charge in [0.1, 0.15) is 0 Å². The molecule has 0 saturated carbocycles. The lowest BCUT2D eigenvalue weighted by Crippen LogP contribution is -2.26. The monoisotopic (exact) mass is 247 g/mol. The van der Waals surface area contributed by atoms with E-state index in [0.29, 0.717) is 19.6 Å². The summed E-state index contributed by atoms with van der Waals surface area (Å²) in [7, 11) is -3.44. The van der Waals surface area contributed by atoms with Crippen molar-refractivity contribution in [3.8, 4) is 0 Å².